The van der Waals surface area contributed by atoms with Gasteiger partial charge in [0.15, 0.2) is 0 Å². The van der Waals surface area contributed by atoms with Crippen molar-refractivity contribution in [2.75, 3.05) is 4.90 Å². The molecule has 0 saturated heterocycles. The molecule has 2 aromatic heterocycles. The first-order valence-electron chi connectivity index (χ1n) is 22.6. The van der Waals surface area contributed by atoms with Crippen LogP contribution in [0, 0.1) is 0 Å². The summed E-state index contributed by atoms with van der Waals surface area (Å²) >= 11 is 0. The number of benzene rings is 10. The molecule has 0 unspecified atom stereocenters. The van der Waals surface area contributed by atoms with Crippen LogP contribution in [0.2, 0.25) is 0 Å². The number of aromatic nitrogens is 2. The molecule has 0 aliphatic carbocycles. The van der Waals surface area contributed by atoms with Crippen LogP contribution in [0.5, 0.6) is 0 Å². The molecule has 66 heavy (non-hydrogen) atoms. The first-order chi connectivity index (χ1) is 32.6. The zero-order chi connectivity index (χ0) is 44.1. The molecule has 0 spiro atoms. The molecule has 0 bridgehead atoms. The van der Waals surface area contributed by atoms with Crippen molar-refractivity contribution in [2.24, 2.45) is 0 Å². The number of fused-ring (bicyclic) bond motifs is 6. The Bertz CT molecular complexity index is 3410. The maximum absolute atomic E-state index is 4.12. The van der Waals surface area contributed by atoms with Crippen LogP contribution < -0.4 is 4.90 Å². The number of allylic oxidation sites excluding steroid dienone is 1. The molecule has 10 aromatic carbocycles. The van der Waals surface area contributed by atoms with Crippen molar-refractivity contribution in [2.45, 2.75) is 6.92 Å². The summed E-state index contributed by atoms with van der Waals surface area (Å²) in [5, 5.41) is 5.07. The van der Waals surface area contributed by atoms with Gasteiger partial charge in [-0.1, -0.05) is 170 Å². The van der Waals surface area contributed by atoms with E-state index >= 15 is 0 Å². The van der Waals surface area contributed by atoms with E-state index in [0.717, 1.165) is 39.6 Å². The lowest BCUT2D eigenvalue weighted by Gasteiger charge is -2.26. The largest absolute Gasteiger partial charge is 0.311 e. The summed E-state index contributed by atoms with van der Waals surface area (Å²) in [7, 11) is 0. The van der Waals surface area contributed by atoms with E-state index in [2.05, 4.69) is 263 Å². The SMILES string of the molecule is C=C(C)c1ccc(-c2ccc(N(c3ccc(-c4ccc(-n5c6ccccc6c6ccccc65)cc4)cc3)c3ccc(-c4ccc(-n5c6ccccc6c6ccccc65)cc4)cc3)cc2)cc1. The third kappa shape index (κ3) is 6.77. The third-order valence-corrected chi connectivity index (χ3v) is 13.2. The van der Waals surface area contributed by atoms with Crippen LogP contribution >= 0.6 is 0 Å². The standard InChI is InChI=1S/C63H45N3/c1-43(2)44-19-21-45(22-20-44)46-23-33-51(34-24-46)64(52-35-25-47(26-36-52)49-29-39-54(40-30-49)65-60-15-7-3-11-56(60)57-12-4-8-16-61(57)65)53-37-27-48(28-38-53)50-31-41-55(42-32-50)66-62-17-9-5-13-58(62)59-14-6-10-18-63(59)66/h3-42H,1H2,2H3. The topological polar surface area (TPSA) is 13.1 Å². The normalized spacial score (nSPS) is 11.5. The van der Waals surface area contributed by atoms with E-state index in [-0.39, 0.29) is 0 Å². The highest BCUT2D eigenvalue weighted by atomic mass is 15.1. The minimum Gasteiger partial charge on any atom is -0.311 e. The van der Waals surface area contributed by atoms with Crippen LogP contribution in [0.25, 0.3) is 93.9 Å². The number of para-hydroxylation sites is 4. The Kier molecular flexibility index (Phi) is 9.54. The van der Waals surface area contributed by atoms with Gasteiger partial charge < -0.3 is 14.0 Å². The summed E-state index contributed by atoms with van der Waals surface area (Å²) in [5.41, 5.74) is 19.7. The molecular weight excluding hydrogens is 799 g/mol. The van der Waals surface area contributed by atoms with E-state index in [9.17, 15) is 0 Å². The van der Waals surface area contributed by atoms with E-state index in [4.69, 9.17) is 0 Å². The van der Waals surface area contributed by atoms with Gasteiger partial charge in [-0.3, -0.25) is 0 Å². The number of nitrogens with zero attached hydrogens (tertiary/aromatic N) is 3. The Hall–Kier alpha value is -8.66. The van der Waals surface area contributed by atoms with Crippen LogP contribution in [-0.4, -0.2) is 9.13 Å². The smallest absolute Gasteiger partial charge is 0.0541 e. The van der Waals surface area contributed by atoms with Gasteiger partial charge in [-0.15, -0.1) is 0 Å². The van der Waals surface area contributed by atoms with Crippen LogP contribution in [0.4, 0.5) is 17.1 Å². The van der Waals surface area contributed by atoms with Gasteiger partial charge in [0.05, 0.1) is 22.1 Å². The minimum absolute atomic E-state index is 1.07. The summed E-state index contributed by atoms with van der Waals surface area (Å²) in [6.07, 6.45) is 0. The first-order valence-corrected chi connectivity index (χ1v) is 22.6. The highest BCUT2D eigenvalue weighted by Crippen LogP contribution is 2.39. The van der Waals surface area contributed by atoms with Crippen molar-refractivity contribution in [1.82, 2.24) is 9.13 Å². The van der Waals surface area contributed by atoms with Gasteiger partial charge in [0.25, 0.3) is 0 Å². The lowest BCUT2D eigenvalue weighted by Crippen LogP contribution is -2.09. The van der Waals surface area contributed by atoms with Crippen LogP contribution in [0.1, 0.15) is 12.5 Å². The van der Waals surface area contributed by atoms with Crippen molar-refractivity contribution < 1.29 is 0 Å². The van der Waals surface area contributed by atoms with E-state index in [0.29, 0.717) is 0 Å². The summed E-state index contributed by atoms with van der Waals surface area (Å²) in [6, 6.07) is 88.0. The van der Waals surface area contributed by atoms with Crippen molar-refractivity contribution >= 4 is 66.2 Å². The maximum Gasteiger partial charge on any atom is 0.0541 e. The Morgan fingerprint density at radius 2 is 0.545 bits per heavy atom. The number of rotatable bonds is 9. The fraction of sp³-hybridized carbons (Fsp3) is 0.0159. The lowest BCUT2D eigenvalue weighted by molar-refractivity contribution is 1.18. The van der Waals surface area contributed by atoms with Crippen LogP contribution in [-0.2, 0) is 0 Å². The molecule has 0 amide bonds. The van der Waals surface area contributed by atoms with Crippen molar-refractivity contribution in [3.8, 4) is 44.8 Å². The molecule has 2 heterocycles. The Labute approximate surface area is 385 Å². The fourth-order valence-electron chi connectivity index (χ4n) is 9.81. The molecule has 0 saturated carbocycles. The zero-order valence-electron chi connectivity index (χ0n) is 36.6. The summed E-state index contributed by atoms with van der Waals surface area (Å²) in [5.74, 6) is 0. The third-order valence-electron chi connectivity index (χ3n) is 13.2. The number of hydrogen-bond donors (Lipinski definition) is 0. The molecule has 312 valence electrons. The molecule has 12 aromatic rings. The van der Waals surface area contributed by atoms with E-state index in [1.807, 2.05) is 6.92 Å². The highest BCUT2D eigenvalue weighted by molar-refractivity contribution is 6.10. The average molecular weight is 844 g/mol. The molecule has 0 aliphatic rings. The summed E-state index contributed by atoms with van der Waals surface area (Å²) in [4.78, 5) is 2.35. The van der Waals surface area contributed by atoms with Crippen LogP contribution in [0.15, 0.2) is 249 Å². The monoisotopic (exact) mass is 843 g/mol. The maximum atomic E-state index is 4.12. The van der Waals surface area contributed by atoms with Gasteiger partial charge in [-0.25, -0.2) is 0 Å². The molecule has 0 atom stereocenters. The fourth-order valence-corrected chi connectivity index (χ4v) is 9.81. The van der Waals surface area contributed by atoms with E-state index in [1.54, 1.807) is 0 Å². The molecular formula is C63H45N3. The Balaban J connectivity index is 0.866. The minimum atomic E-state index is 1.07. The molecule has 0 fully saturated rings. The quantitative estimate of drug-likeness (QED) is 0.141. The Morgan fingerprint density at radius 1 is 0.303 bits per heavy atom. The summed E-state index contributed by atoms with van der Waals surface area (Å²) in [6.45, 7) is 6.16. The van der Waals surface area contributed by atoms with Gasteiger partial charge in [-0.2, -0.15) is 0 Å². The second-order valence-electron chi connectivity index (χ2n) is 17.2. The molecule has 0 aliphatic heterocycles. The van der Waals surface area contributed by atoms with Gasteiger partial charge in [0, 0.05) is 50.0 Å². The average Bonchev–Trinajstić information content (AvgIpc) is 3.90. The summed E-state index contributed by atoms with van der Waals surface area (Å²) < 4.78 is 4.73. The lowest BCUT2D eigenvalue weighted by atomic mass is 10.0. The molecule has 12 rings (SSSR count). The van der Waals surface area contributed by atoms with Crippen molar-refractivity contribution in [1.29, 1.82) is 0 Å². The molecule has 3 nitrogen and oxygen atoms in total. The van der Waals surface area contributed by atoms with Crippen LogP contribution in [0.3, 0.4) is 0 Å². The number of anilines is 3. The Morgan fingerprint density at radius 3 is 0.818 bits per heavy atom. The van der Waals surface area contributed by atoms with E-state index < -0.39 is 0 Å². The predicted octanol–water partition coefficient (Wildman–Crippen LogP) is 17.4. The van der Waals surface area contributed by atoms with Gasteiger partial charge in [0.1, 0.15) is 0 Å². The van der Waals surface area contributed by atoms with Gasteiger partial charge in [-0.05, 0) is 131 Å². The second-order valence-corrected chi connectivity index (χ2v) is 17.2. The van der Waals surface area contributed by atoms with Crippen molar-refractivity contribution in [3.63, 3.8) is 0 Å². The van der Waals surface area contributed by atoms with Gasteiger partial charge in [0.2, 0.25) is 0 Å². The second kappa shape index (κ2) is 16.2. The molecule has 0 radical (unpaired) electrons. The molecule has 3 heteroatoms. The van der Waals surface area contributed by atoms with Gasteiger partial charge >= 0.3 is 0 Å². The van der Waals surface area contributed by atoms with E-state index in [1.165, 1.54) is 77.0 Å². The van der Waals surface area contributed by atoms with Crippen molar-refractivity contribution in [3.05, 3.63) is 255 Å². The molecule has 0 N–H and O–H groups in total. The zero-order valence-corrected chi connectivity index (χ0v) is 36.6. The predicted molar refractivity (Wildman–Crippen MR) is 281 cm³/mol. The first kappa shape index (κ1) is 39.0. The number of hydrogen-bond acceptors (Lipinski definition) is 1. The highest BCUT2D eigenvalue weighted by Gasteiger charge is 2.16.